The first-order chi connectivity index (χ1) is 13.5. The van der Waals surface area contributed by atoms with Crippen LogP contribution in [-0.4, -0.2) is 61.4 Å². The number of carbonyl (C=O) groups excluding carboxylic acids is 2. The Balaban J connectivity index is 1.42. The molecule has 0 spiro atoms. The largest absolute Gasteiger partial charge is 0.497 e. The molecule has 0 unspecified atom stereocenters. The first-order valence-electron chi connectivity index (χ1n) is 9.53. The van der Waals surface area contributed by atoms with Crippen molar-refractivity contribution in [2.24, 2.45) is 0 Å². The maximum atomic E-state index is 12.4. The van der Waals surface area contributed by atoms with E-state index in [4.69, 9.17) is 4.74 Å². The fraction of sp³-hybridized carbons (Fsp3) is 0.364. The Morgan fingerprint density at radius 1 is 1.04 bits per heavy atom. The molecule has 1 aliphatic rings. The maximum Gasteiger partial charge on any atom is 0.251 e. The molecule has 148 valence electrons. The normalized spacial score (nSPS) is 14.6. The summed E-state index contributed by atoms with van der Waals surface area (Å²) in [6.45, 7) is 5.83. The van der Waals surface area contributed by atoms with Gasteiger partial charge >= 0.3 is 0 Å². The van der Waals surface area contributed by atoms with E-state index in [1.807, 2.05) is 42.2 Å². The van der Waals surface area contributed by atoms with Crippen LogP contribution in [0.25, 0.3) is 0 Å². The standard InChI is InChI=1S/C22H27N3O3/c1-17-4-3-5-19(14-17)22(27)23-15-21(26)25-12-10-24(11-13-25)16-18-6-8-20(28-2)9-7-18/h3-9,14H,10-13,15-16H2,1-2H3,(H,23,27). The van der Waals surface area contributed by atoms with Gasteiger partial charge in [0.25, 0.3) is 5.91 Å². The van der Waals surface area contributed by atoms with Gasteiger partial charge in [-0.2, -0.15) is 0 Å². The van der Waals surface area contributed by atoms with Crippen molar-refractivity contribution in [2.45, 2.75) is 13.5 Å². The van der Waals surface area contributed by atoms with Crippen LogP contribution in [0.5, 0.6) is 5.75 Å². The van der Waals surface area contributed by atoms with Gasteiger partial charge in [0.05, 0.1) is 13.7 Å². The highest BCUT2D eigenvalue weighted by atomic mass is 16.5. The minimum absolute atomic E-state index is 0.0330. The Bertz CT molecular complexity index is 812. The van der Waals surface area contributed by atoms with Crippen LogP contribution in [0.15, 0.2) is 48.5 Å². The third-order valence-corrected chi connectivity index (χ3v) is 4.97. The summed E-state index contributed by atoms with van der Waals surface area (Å²) in [5, 5.41) is 2.73. The van der Waals surface area contributed by atoms with Gasteiger partial charge in [0.15, 0.2) is 0 Å². The number of hydrogen-bond acceptors (Lipinski definition) is 4. The number of benzene rings is 2. The Morgan fingerprint density at radius 3 is 2.39 bits per heavy atom. The molecule has 6 heteroatoms. The molecule has 3 rings (SSSR count). The fourth-order valence-corrected chi connectivity index (χ4v) is 3.30. The zero-order valence-corrected chi connectivity index (χ0v) is 16.5. The number of methoxy groups -OCH3 is 1. The van der Waals surface area contributed by atoms with Crippen molar-refractivity contribution in [3.8, 4) is 5.75 Å². The van der Waals surface area contributed by atoms with Gasteiger partial charge in [-0.3, -0.25) is 14.5 Å². The van der Waals surface area contributed by atoms with E-state index in [0.717, 1.165) is 30.9 Å². The molecular formula is C22H27N3O3. The number of ether oxygens (including phenoxy) is 1. The molecule has 1 heterocycles. The lowest BCUT2D eigenvalue weighted by Gasteiger charge is -2.34. The molecule has 0 aromatic heterocycles. The molecule has 2 aromatic carbocycles. The van der Waals surface area contributed by atoms with E-state index in [9.17, 15) is 9.59 Å². The molecular weight excluding hydrogens is 354 g/mol. The zero-order chi connectivity index (χ0) is 19.9. The van der Waals surface area contributed by atoms with E-state index in [1.54, 1.807) is 13.2 Å². The van der Waals surface area contributed by atoms with E-state index in [1.165, 1.54) is 5.56 Å². The maximum absolute atomic E-state index is 12.4. The van der Waals surface area contributed by atoms with Crippen LogP contribution in [0.2, 0.25) is 0 Å². The summed E-state index contributed by atoms with van der Waals surface area (Å²) in [7, 11) is 1.66. The smallest absolute Gasteiger partial charge is 0.251 e. The van der Waals surface area contributed by atoms with E-state index in [0.29, 0.717) is 18.7 Å². The van der Waals surface area contributed by atoms with Gasteiger partial charge in [-0.15, -0.1) is 0 Å². The number of hydrogen-bond donors (Lipinski definition) is 1. The van der Waals surface area contributed by atoms with E-state index in [-0.39, 0.29) is 18.4 Å². The summed E-state index contributed by atoms with van der Waals surface area (Å²) in [5.74, 6) is 0.604. The van der Waals surface area contributed by atoms with Crippen molar-refractivity contribution in [2.75, 3.05) is 39.8 Å². The van der Waals surface area contributed by atoms with E-state index in [2.05, 4.69) is 22.3 Å². The Labute approximate surface area is 166 Å². The highest BCUT2D eigenvalue weighted by Gasteiger charge is 2.21. The topological polar surface area (TPSA) is 61.9 Å². The number of nitrogens with zero attached hydrogens (tertiary/aromatic N) is 2. The van der Waals surface area contributed by atoms with Gasteiger partial charge in [0.2, 0.25) is 5.91 Å². The van der Waals surface area contributed by atoms with Crippen molar-refractivity contribution >= 4 is 11.8 Å². The average molecular weight is 381 g/mol. The third-order valence-electron chi connectivity index (χ3n) is 4.97. The van der Waals surface area contributed by atoms with Crippen LogP contribution in [0.1, 0.15) is 21.5 Å². The molecule has 2 amide bonds. The van der Waals surface area contributed by atoms with Crippen molar-refractivity contribution < 1.29 is 14.3 Å². The minimum Gasteiger partial charge on any atom is -0.497 e. The van der Waals surface area contributed by atoms with Crippen LogP contribution in [0, 0.1) is 6.92 Å². The summed E-state index contributed by atoms with van der Waals surface area (Å²) >= 11 is 0. The number of amides is 2. The van der Waals surface area contributed by atoms with Gasteiger partial charge in [0.1, 0.15) is 5.75 Å². The van der Waals surface area contributed by atoms with Gasteiger partial charge in [0, 0.05) is 38.3 Å². The summed E-state index contributed by atoms with van der Waals surface area (Å²) < 4.78 is 5.19. The number of rotatable bonds is 6. The highest BCUT2D eigenvalue weighted by Crippen LogP contribution is 2.14. The van der Waals surface area contributed by atoms with Crippen LogP contribution in [-0.2, 0) is 11.3 Å². The van der Waals surface area contributed by atoms with Crippen molar-refractivity contribution in [1.29, 1.82) is 0 Å². The van der Waals surface area contributed by atoms with Gasteiger partial charge in [-0.25, -0.2) is 0 Å². The summed E-state index contributed by atoms with van der Waals surface area (Å²) in [5.41, 5.74) is 2.83. The Morgan fingerprint density at radius 2 is 1.75 bits per heavy atom. The van der Waals surface area contributed by atoms with Crippen LogP contribution < -0.4 is 10.1 Å². The van der Waals surface area contributed by atoms with Crippen LogP contribution >= 0.6 is 0 Å². The highest BCUT2D eigenvalue weighted by molar-refractivity contribution is 5.96. The number of nitrogens with one attached hydrogen (secondary N) is 1. The van der Waals surface area contributed by atoms with Crippen LogP contribution in [0.3, 0.4) is 0 Å². The molecule has 1 N–H and O–H groups in total. The molecule has 2 aromatic rings. The Kier molecular flexibility index (Phi) is 6.66. The fourth-order valence-electron chi connectivity index (χ4n) is 3.30. The second-order valence-electron chi connectivity index (χ2n) is 7.06. The molecule has 1 saturated heterocycles. The molecule has 0 atom stereocenters. The summed E-state index contributed by atoms with van der Waals surface area (Å²) in [4.78, 5) is 28.8. The van der Waals surface area contributed by atoms with E-state index < -0.39 is 0 Å². The average Bonchev–Trinajstić information content (AvgIpc) is 2.73. The minimum atomic E-state index is -0.213. The van der Waals surface area contributed by atoms with E-state index >= 15 is 0 Å². The Hall–Kier alpha value is -2.86. The molecule has 1 fully saturated rings. The second-order valence-corrected chi connectivity index (χ2v) is 7.06. The monoisotopic (exact) mass is 381 g/mol. The van der Waals surface area contributed by atoms with Gasteiger partial charge in [-0.05, 0) is 36.8 Å². The zero-order valence-electron chi connectivity index (χ0n) is 16.5. The lowest BCUT2D eigenvalue weighted by atomic mass is 10.1. The third kappa shape index (κ3) is 5.33. The molecule has 28 heavy (non-hydrogen) atoms. The predicted octanol–water partition coefficient (Wildman–Crippen LogP) is 2.08. The number of aryl methyl sites for hydroxylation is 1. The van der Waals surface area contributed by atoms with Crippen molar-refractivity contribution in [1.82, 2.24) is 15.1 Å². The van der Waals surface area contributed by atoms with Crippen molar-refractivity contribution in [3.63, 3.8) is 0 Å². The lowest BCUT2D eigenvalue weighted by Crippen LogP contribution is -2.50. The number of carbonyl (C=O) groups is 2. The molecule has 0 aliphatic carbocycles. The molecule has 1 aliphatic heterocycles. The first-order valence-corrected chi connectivity index (χ1v) is 9.53. The van der Waals surface area contributed by atoms with Gasteiger partial charge in [-0.1, -0.05) is 29.8 Å². The van der Waals surface area contributed by atoms with Crippen molar-refractivity contribution in [3.05, 3.63) is 65.2 Å². The second kappa shape index (κ2) is 9.37. The molecule has 0 radical (unpaired) electrons. The molecule has 6 nitrogen and oxygen atoms in total. The lowest BCUT2D eigenvalue weighted by molar-refractivity contribution is -0.131. The van der Waals surface area contributed by atoms with Crippen LogP contribution in [0.4, 0.5) is 0 Å². The first kappa shape index (κ1) is 19.9. The van der Waals surface area contributed by atoms with Gasteiger partial charge < -0.3 is 15.0 Å². The quantitative estimate of drug-likeness (QED) is 0.832. The molecule has 0 saturated carbocycles. The predicted molar refractivity (Wildman–Crippen MR) is 108 cm³/mol. The SMILES string of the molecule is COc1ccc(CN2CCN(C(=O)CNC(=O)c3cccc(C)c3)CC2)cc1. The summed E-state index contributed by atoms with van der Waals surface area (Å²) in [6, 6.07) is 15.4. The molecule has 0 bridgehead atoms. The summed E-state index contributed by atoms with van der Waals surface area (Å²) in [6.07, 6.45) is 0. The number of piperazine rings is 1.